The van der Waals surface area contributed by atoms with E-state index in [1.165, 1.54) is 0 Å². The zero-order valence-corrected chi connectivity index (χ0v) is 15.7. The van der Waals surface area contributed by atoms with Gasteiger partial charge in [-0.25, -0.2) is 8.42 Å². The number of hydrogen-bond acceptors (Lipinski definition) is 6. The van der Waals surface area contributed by atoms with E-state index in [2.05, 4.69) is 10.1 Å². The normalized spacial score (nSPS) is 23.5. The standard InChI is InChI=1S/C18H24N4O3S/c1-13-5-2-3-12-22(13)26(23,24)15-8-6-14(7-9-15)16-20-17(21-25-16)18(19)10-4-11-18/h6-9,13H,2-5,10-12,19H2,1H3. The first-order valence-electron chi connectivity index (χ1n) is 9.15. The summed E-state index contributed by atoms with van der Waals surface area (Å²) in [7, 11) is -3.48. The van der Waals surface area contributed by atoms with E-state index in [9.17, 15) is 8.42 Å². The highest BCUT2D eigenvalue weighted by Crippen LogP contribution is 2.37. The van der Waals surface area contributed by atoms with Gasteiger partial charge < -0.3 is 10.3 Å². The van der Waals surface area contributed by atoms with Crippen LogP contribution < -0.4 is 5.73 Å². The van der Waals surface area contributed by atoms with Crippen molar-refractivity contribution < 1.29 is 12.9 Å². The van der Waals surface area contributed by atoms with E-state index in [0.717, 1.165) is 38.5 Å². The Labute approximate surface area is 153 Å². The van der Waals surface area contributed by atoms with Crippen LogP contribution in [0.4, 0.5) is 0 Å². The fourth-order valence-corrected chi connectivity index (χ4v) is 5.36. The summed E-state index contributed by atoms with van der Waals surface area (Å²) in [5, 5.41) is 4.00. The third kappa shape index (κ3) is 2.95. The van der Waals surface area contributed by atoms with Gasteiger partial charge in [-0.1, -0.05) is 11.6 Å². The summed E-state index contributed by atoms with van der Waals surface area (Å²) in [6, 6.07) is 6.68. The molecule has 1 saturated heterocycles. The fourth-order valence-electron chi connectivity index (χ4n) is 3.66. The zero-order chi connectivity index (χ0) is 18.4. The SMILES string of the molecule is CC1CCCCN1S(=O)(=O)c1ccc(-c2nc(C3(N)CCC3)no2)cc1. The number of piperidine rings is 1. The summed E-state index contributed by atoms with van der Waals surface area (Å²) in [4.78, 5) is 4.70. The zero-order valence-electron chi connectivity index (χ0n) is 14.9. The Hall–Kier alpha value is -1.77. The molecule has 2 aromatic rings. The van der Waals surface area contributed by atoms with Crippen LogP contribution in [0, 0.1) is 0 Å². The first-order valence-corrected chi connectivity index (χ1v) is 10.6. The van der Waals surface area contributed by atoms with E-state index in [1.807, 2.05) is 6.92 Å². The van der Waals surface area contributed by atoms with Gasteiger partial charge >= 0.3 is 0 Å². The smallest absolute Gasteiger partial charge is 0.257 e. The average Bonchev–Trinajstić information content (AvgIpc) is 3.10. The highest BCUT2D eigenvalue weighted by molar-refractivity contribution is 7.89. The van der Waals surface area contributed by atoms with Crippen LogP contribution in [0.15, 0.2) is 33.7 Å². The Balaban J connectivity index is 1.57. The molecule has 2 fully saturated rings. The van der Waals surface area contributed by atoms with E-state index in [-0.39, 0.29) is 6.04 Å². The molecule has 1 saturated carbocycles. The predicted molar refractivity (Wildman–Crippen MR) is 96.7 cm³/mol. The lowest BCUT2D eigenvalue weighted by molar-refractivity contribution is 0.229. The second kappa shape index (κ2) is 6.44. The maximum atomic E-state index is 12.9. The summed E-state index contributed by atoms with van der Waals surface area (Å²) in [6.45, 7) is 2.55. The fraction of sp³-hybridized carbons (Fsp3) is 0.556. The summed E-state index contributed by atoms with van der Waals surface area (Å²) in [5.41, 5.74) is 6.44. The topological polar surface area (TPSA) is 102 Å². The lowest BCUT2D eigenvalue weighted by atomic mass is 9.77. The van der Waals surface area contributed by atoms with Crippen LogP contribution >= 0.6 is 0 Å². The Morgan fingerprint density at radius 2 is 1.92 bits per heavy atom. The van der Waals surface area contributed by atoms with Crippen LogP contribution in [0.3, 0.4) is 0 Å². The van der Waals surface area contributed by atoms with E-state index >= 15 is 0 Å². The second-order valence-corrected chi connectivity index (χ2v) is 9.31. The Kier molecular flexibility index (Phi) is 4.37. The maximum Gasteiger partial charge on any atom is 0.257 e. The molecule has 0 bridgehead atoms. The molecule has 1 aliphatic carbocycles. The second-order valence-electron chi connectivity index (χ2n) is 7.42. The molecule has 2 N–H and O–H groups in total. The van der Waals surface area contributed by atoms with Crippen LogP contribution in [0.1, 0.15) is 51.3 Å². The van der Waals surface area contributed by atoms with Crippen molar-refractivity contribution in [3.63, 3.8) is 0 Å². The van der Waals surface area contributed by atoms with Gasteiger partial charge in [0.25, 0.3) is 5.89 Å². The molecule has 1 unspecified atom stereocenters. The highest BCUT2D eigenvalue weighted by Gasteiger charge is 2.39. The molecule has 0 amide bonds. The van der Waals surface area contributed by atoms with Gasteiger partial charge in [-0.05, 0) is 63.3 Å². The Morgan fingerprint density at radius 3 is 2.54 bits per heavy atom. The van der Waals surface area contributed by atoms with E-state index in [1.54, 1.807) is 28.6 Å². The van der Waals surface area contributed by atoms with Crippen molar-refractivity contribution in [2.45, 2.75) is 61.9 Å². The highest BCUT2D eigenvalue weighted by atomic mass is 32.2. The largest absolute Gasteiger partial charge is 0.334 e. The number of rotatable bonds is 4. The van der Waals surface area contributed by atoms with Gasteiger partial charge in [0.1, 0.15) is 0 Å². The van der Waals surface area contributed by atoms with Crippen LogP contribution in [0.5, 0.6) is 0 Å². The average molecular weight is 376 g/mol. The molecule has 8 heteroatoms. The molecule has 0 spiro atoms. The number of sulfonamides is 1. The van der Waals surface area contributed by atoms with E-state index in [0.29, 0.717) is 28.7 Å². The Morgan fingerprint density at radius 1 is 1.19 bits per heavy atom. The molecule has 2 aliphatic rings. The van der Waals surface area contributed by atoms with Crippen molar-refractivity contribution in [3.05, 3.63) is 30.1 Å². The first-order chi connectivity index (χ1) is 12.4. The summed E-state index contributed by atoms with van der Waals surface area (Å²) >= 11 is 0. The summed E-state index contributed by atoms with van der Waals surface area (Å²) in [6.07, 6.45) is 5.68. The molecule has 1 aromatic carbocycles. The number of nitrogens with two attached hydrogens (primary N) is 1. The molecule has 1 atom stereocenters. The van der Waals surface area contributed by atoms with Crippen LogP contribution in [0.2, 0.25) is 0 Å². The number of aromatic nitrogens is 2. The van der Waals surface area contributed by atoms with Crippen molar-refractivity contribution in [3.8, 4) is 11.5 Å². The van der Waals surface area contributed by atoms with Crippen LogP contribution in [-0.4, -0.2) is 35.5 Å². The number of nitrogens with zero attached hydrogens (tertiary/aromatic N) is 3. The van der Waals surface area contributed by atoms with Gasteiger partial charge in [0.15, 0.2) is 5.82 Å². The Bertz CT molecular complexity index is 887. The predicted octanol–water partition coefficient (Wildman–Crippen LogP) is 2.64. The molecule has 7 nitrogen and oxygen atoms in total. The molecule has 1 aromatic heterocycles. The maximum absolute atomic E-state index is 12.9. The van der Waals surface area contributed by atoms with Gasteiger partial charge in [0.2, 0.25) is 10.0 Å². The van der Waals surface area contributed by atoms with Gasteiger partial charge in [-0.15, -0.1) is 0 Å². The van der Waals surface area contributed by atoms with Gasteiger partial charge in [-0.2, -0.15) is 9.29 Å². The van der Waals surface area contributed by atoms with Crippen molar-refractivity contribution in [2.75, 3.05) is 6.54 Å². The monoisotopic (exact) mass is 376 g/mol. The van der Waals surface area contributed by atoms with Crippen LogP contribution in [-0.2, 0) is 15.6 Å². The molecule has 26 heavy (non-hydrogen) atoms. The van der Waals surface area contributed by atoms with Crippen molar-refractivity contribution >= 4 is 10.0 Å². The van der Waals surface area contributed by atoms with Crippen molar-refractivity contribution in [1.29, 1.82) is 0 Å². The first kappa shape index (κ1) is 17.6. The summed E-state index contributed by atoms with van der Waals surface area (Å²) in [5.74, 6) is 0.893. The van der Waals surface area contributed by atoms with Gasteiger partial charge in [0.05, 0.1) is 10.4 Å². The van der Waals surface area contributed by atoms with E-state index < -0.39 is 15.6 Å². The summed E-state index contributed by atoms with van der Waals surface area (Å²) < 4.78 is 32.7. The third-order valence-electron chi connectivity index (χ3n) is 5.57. The molecular weight excluding hydrogens is 352 g/mol. The molecule has 1 aliphatic heterocycles. The minimum atomic E-state index is -3.48. The van der Waals surface area contributed by atoms with Crippen LogP contribution in [0.25, 0.3) is 11.5 Å². The van der Waals surface area contributed by atoms with Crippen molar-refractivity contribution in [1.82, 2.24) is 14.4 Å². The molecule has 140 valence electrons. The quantitative estimate of drug-likeness (QED) is 0.880. The lowest BCUT2D eigenvalue weighted by Crippen LogP contribution is -2.44. The van der Waals surface area contributed by atoms with Crippen molar-refractivity contribution in [2.24, 2.45) is 5.73 Å². The number of hydrogen-bond donors (Lipinski definition) is 1. The minimum Gasteiger partial charge on any atom is -0.334 e. The molecule has 2 heterocycles. The third-order valence-corrected chi connectivity index (χ3v) is 7.59. The minimum absolute atomic E-state index is 0.0372. The number of benzene rings is 1. The molecule has 0 radical (unpaired) electrons. The van der Waals surface area contributed by atoms with Gasteiger partial charge in [0, 0.05) is 18.2 Å². The lowest BCUT2D eigenvalue weighted by Gasteiger charge is -2.34. The molecule has 4 rings (SSSR count). The van der Waals surface area contributed by atoms with E-state index in [4.69, 9.17) is 10.3 Å². The molecular formula is C18H24N4O3S. The van der Waals surface area contributed by atoms with Gasteiger partial charge in [-0.3, -0.25) is 0 Å².